The van der Waals surface area contributed by atoms with Gasteiger partial charge in [0.1, 0.15) is 11.5 Å². The number of Topliss-reactive ketones (excluding diaryl/α,β-unsaturated/α-hetero) is 1. The zero-order chi connectivity index (χ0) is 22.9. The molecule has 0 unspecified atom stereocenters. The third kappa shape index (κ3) is 3.81. The zero-order valence-corrected chi connectivity index (χ0v) is 17.8. The van der Waals surface area contributed by atoms with Crippen LogP contribution in [-0.4, -0.2) is 24.5 Å². The predicted molar refractivity (Wildman–Crippen MR) is 126 cm³/mol. The maximum atomic E-state index is 12.9. The maximum absolute atomic E-state index is 12.9. The van der Waals surface area contributed by atoms with Gasteiger partial charge in [0.15, 0.2) is 5.78 Å². The van der Waals surface area contributed by atoms with Crippen molar-refractivity contribution in [3.05, 3.63) is 114 Å². The Bertz CT molecular complexity index is 1370. The lowest BCUT2D eigenvalue weighted by Gasteiger charge is -2.10. The second-order valence-corrected chi connectivity index (χ2v) is 7.77. The Hall–Kier alpha value is -4.51. The molecule has 5 nitrogen and oxygen atoms in total. The summed E-state index contributed by atoms with van der Waals surface area (Å²) in [6, 6.07) is 29.0. The third-order valence-electron chi connectivity index (χ3n) is 5.68. The Morgan fingerprint density at radius 1 is 0.697 bits per heavy atom. The molecule has 0 fully saturated rings. The number of carbonyl (C=O) groups is 3. The van der Waals surface area contributed by atoms with Crippen molar-refractivity contribution in [3.63, 3.8) is 0 Å². The number of ketones is 2. The summed E-state index contributed by atoms with van der Waals surface area (Å²) < 4.78 is 5.78. The molecule has 1 aliphatic heterocycles. The van der Waals surface area contributed by atoms with Gasteiger partial charge in [-0.15, -0.1) is 0 Å². The van der Waals surface area contributed by atoms with Crippen molar-refractivity contribution in [1.29, 1.82) is 0 Å². The molecular weight excluding hydrogens is 414 g/mol. The van der Waals surface area contributed by atoms with Gasteiger partial charge in [0, 0.05) is 18.2 Å². The standard InChI is InChI=1S/C28H19NO4/c1-29-25-16-13-21(17-24(25)27(31)28(29)32)18-7-9-19(10-8-18)26(30)20-11-14-23(15-12-20)33-22-5-3-2-4-6-22/h2-17H,1H3. The number of para-hydroxylation sites is 1. The van der Waals surface area contributed by atoms with E-state index in [0.717, 1.165) is 16.9 Å². The van der Waals surface area contributed by atoms with E-state index in [-0.39, 0.29) is 5.78 Å². The first-order valence-corrected chi connectivity index (χ1v) is 10.5. The summed E-state index contributed by atoms with van der Waals surface area (Å²) in [7, 11) is 1.59. The molecule has 1 heterocycles. The molecule has 0 radical (unpaired) electrons. The van der Waals surface area contributed by atoms with Crippen LogP contribution in [0.3, 0.4) is 0 Å². The highest BCUT2D eigenvalue weighted by Crippen LogP contribution is 2.32. The first-order valence-electron chi connectivity index (χ1n) is 10.5. The van der Waals surface area contributed by atoms with E-state index in [0.29, 0.717) is 28.1 Å². The summed E-state index contributed by atoms with van der Waals surface area (Å²) >= 11 is 0. The molecule has 4 aromatic rings. The second-order valence-electron chi connectivity index (χ2n) is 7.77. The molecule has 33 heavy (non-hydrogen) atoms. The lowest BCUT2D eigenvalue weighted by atomic mass is 9.97. The van der Waals surface area contributed by atoms with Crippen LogP contribution in [0.4, 0.5) is 5.69 Å². The monoisotopic (exact) mass is 433 g/mol. The van der Waals surface area contributed by atoms with E-state index in [2.05, 4.69) is 0 Å². The largest absolute Gasteiger partial charge is 0.457 e. The number of fused-ring (bicyclic) bond motifs is 1. The van der Waals surface area contributed by atoms with E-state index in [9.17, 15) is 14.4 Å². The highest BCUT2D eigenvalue weighted by atomic mass is 16.5. The molecule has 160 valence electrons. The van der Waals surface area contributed by atoms with Gasteiger partial charge >= 0.3 is 0 Å². The number of benzene rings is 4. The lowest BCUT2D eigenvalue weighted by molar-refractivity contribution is -0.114. The third-order valence-corrected chi connectivity index (χ3v) is 5.68. The van der Waals surface area contributed by atoms with Crippen molar-refractivity contribution < 1.29 is 19.1 Å². The van der Waals surface area contributed by atoms with E-state index >= 15 is 0 Å². The summed E-state index contributed by atoms with van der Waals surface area (Å²) in [5, 5.41) is 0. The molecule has 0 spiro atoms. The SMILES string of the molecule is CN1C(=O)C(=O)c2cc(-c3ccc(C(=O)c4ccc(Oc5ccccc5)cc4)cc3)ccc21. The Morgan fingerprint density at radius 3 is 1.94 bits per heavy atom. The number of likely N-dealkylation sites (N-methyl/N-ethyl adjacent to an activating group) is 1. The van der Waals surface area contributed by atoms with Crippen LogP contribution in [0.15, 0.2) is 97.1 Å². The normalized spacial score (nSPS) is 12.6. The molecule has 4 aromatic carbocycles. The van der Waals surface area contributed by atoms with Gasteiger partial charge in [-0.3, -0.25) is 14.4 Å². The van der Waals surface area contributed by atoms with Gasteiger partial charge < -0.3 is 9.64 Å². The summed E-state index contributed by atoms with van der Waals surface area (Å²) in [6.07, 6.45) is 0. The average molecular weight is 433 g/mol. The average Bonchev–Trinajstić information content (AvgIpc) is 3.08. The minimum Gasteiger partial charge on any atom is -0.457 e. The molecular formula is C28H19NO4. The van der Waals surface area contributed by atoms with Crippen LogP contribution in [0, 0.1) is 0 Å². The number of amides is 1. The van der Waals surface area contributed by atoms with Crippen LogP contribution in [0.5, 0.6) is 11.5 Å². The first kappa shape index (κ1) is 20.4. The van der Waals surface area contributed by atoms with Crippen molar-refractivity contribution >= 4 is 23.2 Å². The number of nitrogens with zero attached hydrogens (tertiary/aromatic N) is 1. The Kier molecular flexibility index (Phi) is 5.07. The minimum atomic E-state index is -0.525. The molecule has 1 amide bonds. The van der Waals surface area contributed by atoms with Crippen LogP contribution in [-0.2, 0) is 4.79 Å². The molecule has 0 bridgehead atoms. The number of hydrogen-bond donors (Lipinski definition) is 0. The minimum absolute atomic E-state index is 0.0934. The highest BCUT2D eigenvalue weighted by Gasteiger charge is 2.33. The quantitative estimate of drug-likeness (QED) is 0.306. The molecule has 0 saturated heterocycles. The smallest absolute Gasteiger partial charge is 0.299 e. The van der Waals surface area contributed by atoms with Crippen LogP contribution in [0.1, 0.15) is 26.3 Å². The number of ether oxygens (including phenoxy) is 1. The van der Waals surface area contributed by atoms with Crippen molar-refractivity contribution in [2.45, 2.75) is 0 Å². The van der Waals surface area contributed by atoms with Crippen molar-refractivity contribution in [2.24, 2.45) is 0 Å². The van der Waals surface area contributed by atoms with Crippen LogP contribution < -0.4 is 9.64 Å². The van der Waals surface area contributed by atoms with Crippen molar-refractivity contribution in [2.75, 3.05) is 11.9 Å². The van der Waals surface area contributed by atoms with E-state index in [1.165, 1.54) is 4.90 Å². The van der Waals surface area contributed by atoms with Crippen molar-refractivity contribution in [3.8, 4) is 22.6 Å². The van der Waals surface area contributed by atoms with Gasteiger partial charge in [-0.2, -0.15) is 0 Å². The summed E-state index contributed by atoms with van der Waals surface area (Å²) in [6.45, 7) is 0. The fourth-order valence-corrected chi connectivity index (χ4v) is 3.85. The number of anilines is 1. The molecule has 5 heteroatoms. The maximum Gasteiger partial charge on any atom is 0.299 e. The topological polar surface area (TPSA) is 63.7 Å². The van der Waals surface area contributed by atoms with Gasteiger partial charge in [0.25, 0.3) is 11.7 Å². The lowest BCUT2D eigenvalue weighted by Crippen LogP contribution is -2.24. The number of carbonyl (C=O) groups excluding carboxylic acids is 3. The van der Waals surface area contributed by atoms with Gasteiger partial charge in [0.05, 0.1) is 11.3 Å². The van der Waals surface area contributed by atoms with E-state index in [4.69, 9.17) is 4.74 Å². The Labute approximate surface area is 190 Å². The fraction of sp³-hybridized carbons (Fsp3) is 0.0357. The van der Waals surface area contributed by atoms with Gasteiger partial charge in [0.2, 0.25) is 0 Å². The molecule has 0 atom stereocenters. The predicted octanol–water partition coefficient (Wildman–Crippen LogP) is 5.54. The van der Waals surface area contributed by atoms with Gasteiger partial charge in [-0.1, -0.05) is 48.5 Å². The molecule has 1 aliphatic rings. The molecule has 0 aliphatic carbocycles. The van der Waals surface area contributed by atoms with Gasteiger partial charge in [-0.25, -0.2) is 0 Å². The highest BCUT2D eigenvalue weighted by molar-refractivity contribution is 6.52. The first-order chi connectivity index (χ1) is 16.0. The van der Waals surface area contributed by atoms with Crippen LogP contribution >= 0.6 is 0 Å². The number of hydrogen-bond acceptors (Lipinski definition) is 4. The van der Waals surface area contributed by atoms with Crippen LogP contribution in [0.2, 0.25) is 0 Å². The second kappa shape index (κ2) is 8.20. The molecule has 0 aromatic heterocycles. The van der Waals surface area contributed by atoms with Crippen LogP contribution in [0.25, 0.3) is 11.1 Å². The molecule has 5 rings (SSSR count). The summed E-state index contributed by atoms with van der Waals surface area (Å²) in [5.74, 6) is 0.271. The molecule has 0 saturated carbocycles. The van der Waals surface area contributed by atoms with E-state index in [1.807, 2.05) is 48.5 Å². The van der Waals surface area contributed by atoms with Gasteiger partial charge in [-0.05, 0) is 59.7 Å². The Balaban J connectivity index is 1.33. The number of rotatable bonds is 5. The summed E-state index contributed by atoms with van der Waals surface area (Å²) in [5.41, 5.74) is 3.80. The Morgan fingerprint density at radius 2 is 1.27 bits per heavy atom. The van der Waals surface area contributed by atoms with E-state index < -0.39 is 11.7 Å². The summed E-state index contributed by atoms with van der Waals surface area (Å²) in [4.78, 5) is 38.3. The zero-order valence-electron chi connectivity index (χ0n) is 17.8. The van der Waals surface area contributed by atoms with E-state index in [1.54, 1.807) is 55.6 Å². The van der Waals surface area contributed by atoms with Crippen molar-refractivity contribution in [1.82, 2.24) is 0 Å². The fourth-order valence-electron chi connectivity index (χ4n) is 3.85. The molecule has 0 N–H and O–H groups in total.